The number of carbonyl (C=O) groups is 2. The normalized spacial score (nSPS) is 16.8. The van der Waals surface area contributed by atoms with Crippen molar-refractivity contribution < 1.29 is 14.3 Å². The van der Waals surface area contributed by atoms with Gasteiger partial charge in [-0.1, -0.05) is 128 Å². The van der Waals surface area contributed by atoms with Crippen LogP contribution in [0.3, 0.4) is 0 Å². The maximum atomic E-state index is 11.3. The van der Waals surface area contributed by atoms with Crippen molar-refractivity contribution in [3.63, 3.8) is 0 Å². The van der Waals surface area contributed by atoms with Crippen molar-refractivity contribution in [3.05, 3.63) is 12.2 Å². The Kier molecular flexibility index (Phi) is 16.9. The number of allylic oxidation sites excluding steroid dienone is 1. The van der Waals surface area contributed by atoms with Gasteiger partial charge in [-0.3, -0.25) is 9.59 Å². The minimum Gasteiger partial charge on any atom is -0.393 e. The van der Waals surface area contributed by atoms with Gasteiger partial charge in [-0.2, -0.15) is 0 Å². The molecule has 1 saturated heterocycles. The minimum absolute atomic E-state index is 0.217. The standard InChI is InChI=1S/C26H46O3/c1-2-3-4-5-6-7-8-9-10-11-12-13-14-15-16-17-18-19-20-21-22-24-23-25(27)29-26(24)28/h21-22,24H,2-20,23H2,1H3/b22-21+. The fraction of sp³-hybridized carbons (Fsp3) is 0.846. The second-order valence-electron chi connectivity index (χ2n) is 8.83. The molecule has 0 bridgehead atoms. The van der Waals surface area contributed by atoms with Gasteiger partial charge in [0, 0.05) is 0 Å². The summed E-state index contributed by atoms with van der Waals surface area (Å²) >= 11 is 0. The van der Waals surface area contributed by atoms with Crippen LogP contribution in [0.15, 0.2) is 12.2 Å². The Balaban J connectivity index is 1.72. The van der Waals surface area contributed by atoms with Gasteiger partial charge in [-0.15, -0.1) is 0 Å². The van der Waals surface area contributed by atoms with Crippen LogP contribution in [0.5, 0.6) is 0 Å². The van der Waals surface area contributed by atoms with Crippen LogP contribution in [0.1, 0.15) is 135 Å². The lowest BCUT2D eigenvalue weighted by molar-refractivity contribution is -0.152. The molecule has 1 aliphatic rings. The Bertz CT molecular complexity index is 441. The molecular weight excluding hydrogens is 360 g/mol. The zero-order chi connectivity index (χ0) is 21.0. The molecule has 1 fully saturated rings. The number of ether oxygens (including phenoxy) is 1. The highest BCUT2D eigenvalue weighted by Gasteiger charge is 2.30. The molecule has 29 heavy (non-hydrogen) atoms. The van der Waals surface area contributed by atoms with E-state index in [4.69, 9.17) is 0 Å². The molecule has 1 rings (SSSR count). The van der Waals surface area contributed by atoms with Crippen molar-refractivity contribution in [1.29, 1.82) is 0 Å². The summed E-state index contributed by atoms with van der Waals surface area (Å²) in [5.74, 6) is -1.11. The van der Waals surface area contributed by atoms with Crippen LogP contribution in [0, 0.1) is 5.92 Å². The van der Waals surface area contributed by atoms with Gasteiger partial charge in [-0.25, -0.2) is 0 Å². The summed E-state index contributed by atoms with van der Waals surface area (Å²) in [5.41, 5.74) is 0. The van der Waals surface area contributed by atoms with Crippen LogP contribution in [-0.4, -0.2) is 11.9 Å². The molecule has 0 N–H and O–H groups in total. The fourth-order valence-electron chi connectivity index (χ4n) is 4.06. The first-order valence-electron chi connectivity index (χ1n) is 12.6. The highest BCUT2D eigenvalue weighted by atomic mass is 16.6. The van der Waals surface area contributed by atoms with E-state index < -0.39 is 5.97 Å². The fourth-order valence-corrected chi connectivity index (χ4v) is 4.06. The summed E-state index contributed by atoms with van der Waals surface area (Å²) in [4.78, 5) is 22.3. The maximum absolute atomic E-state index is 11.3. The molecule has 0 aromatic rings. The largest absolute Gasteiger partial charge is 0.393 e. The third kappa shape index (κ3) is 15.4. The van der Waals surface area contributed by atoms with Crippen molar-refractivity contribution in [2.45, 2.75) is 135 Å². The number of esters is 2. The van der Waals surface area contributed by atoms with Crippen LogP contribution in [-0.2, 0) is 14.3 Å². The molecule has 0 aromatic heterocycles. The van der Waals surface area contributed by atoms with Gasteiger partial charge < -0.3 is 4.74 Å². The number of cyclic esters (lactones) is 2. The maximum Gasteiger partial charge on any atom is 0.321 e. The number of rotatable bonds is 20. The smallest absolute Gasteiger partial charge is 0.321 e. The van der Waals surface area contributed by atoms with Crippen molar-refractivity contribution in [2.75, 3.05) is 0 Å². The predicted octanol–water partition coefficient (Wildman–Crippen LogP) is 8.06. The highest BCUT2D eigenvalue weighted by Crippen LogP contribution is 2.18. The van der Waals surface area contributed by atoms with E-state index in [1.807, 2.05) is 12.2 Å². The third-order valence-electron chi connectivity index (χ3n) is 6.00. The Morgan fingerprint density at radius 3 is 1.48 bits per heavy atom. The first-order valence-corrected chi connectivity index (χ1v) is 12.6. The van der Waals surface area contributed by atoms with Gasteiger partial charge in [0.1, 0.15) is 0 Å². The van der Waals surface area contributed by atoms with Crippen LogP contribution >= 0.6 is 0 Å². The molecule has 1 heterocycles. The lowest BCUT2D eigenvalue weighted by Crippen LogP contribution is -2.03. The van der Waals surface area contributed by atoms with Gasteiger partial charge in [0.2, 0.25) is 0 Å². The summed E-state index contributed by atoms with van der Waals surface area (Å²) in [6.07, 6.45) is 30.1. The predicted molar refractivity (Wildman–Crippen MR) is 122 cm³/mol. The van der Waals surface area contributed by atoms with E-state index in [0.717, 1.165) is 6.42 Å². The zero-order valence-corrected chi connectivity index (χ0v) is 19.1. The Labute approximate surface area is 180 Å². The Morgan fingerprint density at radius 2 is 1.10 bits per heavy atom. The van der Waals surface area contributed by atoms with E-state index in [2.05, 4.69) is 11.7 Å². The van der Waals surface area contributed by atoms with Crippen LogP contribution in [0.25, 0.3) is 0 Å². The average molecular weight is 407 g/mol. The molecule has 0 aliphatic carbocycles. The molecule has 3 nitrogen and oxygen atoms in total. The molecule has 1 aliphatic heterocycles. The number of unbranched alkanes of at least 4 members (excludes halogenated alkanes) is 18. The third-order valence-corrected chi connectivity index (χ3v) is 6.00. The topological polar surface area (TPSA) is 43.4 Å². The second kappa shape index (κ2) is 18.9. The zero-order valence-electron chi connectivity index (χ0n) is 19.1. The van der Waals surface area contributed by atoms with Crippen LogP contribution in [0.4, 0.5) is 0 Å². The van der Waals surface area contributed by atoms with E-state index in [1.165, 1.54) is 116 Å². The summed E-state index contributed by atoms with van der Waals surface area (Å²) in [7, 11) is 0. The van der Waals surface area contributed by atoms with E-state index in [1.54, 1.807) is 0 Å². The summed E-state index contributed by atoms with van der Waals surface area (Å²) in [6.45, 7) is 2.28. The minimum atomic E-state index is -0.391. The summed E-state index contributed by atoms with van der Waals surface area (Å²) in [5, 5.41) is 0. The first-order chi connectivity index (χ1) is 14.2. The molecule has 0 saturated carbocycles. The molecule has 0 spiro atoms. The van der Waals surface area contributed by atoms with Crippen molar-refractivity contribution in [3.8, 4) is 0 Å². The van der Waals surface area contributed by atoms with Gasteiger partial charge in [0.25, 0.3) is 0 Å². The highest BCUT2D eigenvalue weighted by molar-refractivity contribution is 5.95. The van der Waals surface area contributed by atoms with Gasteiger partial charge in [-0.05, 0) is 12.8 Å². The van der Waals surface area contributed by atoms with Gasteiger partial charge in [0.05, 0.1) is 12.3 Å². The van der Waals surface area contributed by atoms with E-state index >= 15 is 0 Å². The SMILES string of the molecule is CCCCCCCCCCCCCCCCCCCC/C=C/C1CC(=O)OC1=O. The summed E-state index contributed by atoms with van der Waals surface area (Å²) < 4.78 is 4.54. The van der Waals surface area contributed by atoms with Crippen LogP contribution in [0.2, 0.25) is 0 Å². The van der Waals surface area contributed by atoms with Crippen molar-refractivity contribution in [1.82, 2.24) is 0 Å². The first kappa shape index (κ1) is 25.9. The molecule has 168 valence electrons. The van der Waals surface area contributed by atoms with Crippen LogP contribution < -0.4 is 0 Å². The van der Waals surface area contributed by atoms with Crippen molar-refractivity contribution >= 4 is 11.9 Å². The molecule has 0 radical (unpaired) electrons. The number of hydrogen-bond acceptors (Lipinski definition) is 3. The molecular formula is C26H46O3. The molecule has 0 amide bonds. The van der Waals surface area contributed by atoms with Gasteiger partial charge >= 0.3 is 11.9 Å². The van der Waals surface area contributed by atoms with E-state index in [-0.39, 0.29) is 18.3 Å². The lowest BCUT2D eigenvalue weighted by atomic mass is 10.0. The summed E-state index contributed by atoms with van der Waals surface area (Å²) in [6, 6.07) is 0. The monoisotopic (exact) mass is 406 g/mol. The number of carbonyl (C=O) groups excluding carboxylic acids is 2. The average Bonchev–Trinajstić information content (AvgIpc) is 3.03. The lowest BCUT2D eigenvalue weighted by Gasteiger charge is -2.03. The van der Waals surface area contributed by atoms with Crippen molar-refractivity contribution in [2.24, 2.45) is 5.92 Å². The quantitative estimate of drug-likeness (QED) is 0.0888. The molecule has 1 unspecified atom stereocenters. The van der Waals surface area contributed by atoms with Gasteiger partial charge in [0.15, 0.2) is 0 Å². The molecule has 3 heteroatoms. The Hall–Kier alpha value is -1.12. The molecule has 0 aromatic carbocycles. The van der Waals surface area contributed by atoms with E-state index in [0.29, 0.717) is 0 Å². The second-order valence-corrected chi connectivity index (χ2v) is 8.83. The molecule has 1 atom stereocenters. The Morgan fingerprint density at radius 1 is 0.690 bits per heavy atom. The van der Waals surface area contributed by atoms with E-state index in [9.17, 15) is 9.59 Å². The number of hydrogen-bond donors (Lipinski definition) is 0.